The average molecular weight is 389 g/mol. The fraction of sp³-hybridized carbons (Fsp3) is 0.211. The normalized spacial score (nSPS) is 13.2. The van der Waals surface area contributed by atoms with Gasteiger partial charge in [-0.1, -0.05) is 78.0 Å². The number of aliphatic imine (C=N–C) groups is 1. The standard InChI is InChI=1S/C19H20IN/c1-2-16-7-9-17(10-8-16)11-13-21-14-12-18-5-3-4-6-19(18)15-20/h3-10,12,14-15H,2,11,13H2,1H3/b18-12-,19-15-,21-14?. The Morgan fingerprint density at radius 3 is 2.29 bits per heavy atom. The van der Waals surface area contributed by atoms with Crippen LogP contribution in [-0.2, 0) is 12.8 Å². The summed E-state index contributed by atoms with van der Waals surface area (Å²) in [5.41, 5.74) is 2.74. The Bertz CT molecular complexity index is 699. The minimum absolute atomic E-state index is 0.831. The van der Waals surface area contributed by atoms with E-state index in [1.807, 2.05) is 6.21 Å². The lowest BCUT2D eigenvalue weighted by atomic mass is 10.1. The topological polar surface area (TPSA) is 12.4 Å². The van der Waals surface area contributed by atoms with Crippen molar-refractivity contribution in [3.63, 3.8) is 0 Å². The SMILES string of the molecule is CCc1ccc(CCN=C/C=c2/cccc/c2=C/I)cc1. The van der Waals surface area contributed by atoms with Crippen LogP contribution in [0.15, 0.2) is 53.5 Å². The van der Waals surface area contributed by atoms with E-state index < -0.39 is 0 Å². The van der Waals surface area contributed by atoms with Gasteiger partial charge in [0, 0.05) is 12.8 Å². The Morgan fingerprint density at radius 1 is 0.952 bits per heavy atom. The predicted octanol–water partition coefficient (Wildman–Crippen LogP) is 3.52. The van der Waals surface area contributed by atoms with Gasteiger partial charge in [0.1, 0.15) is 0 Å². The van der Waals surface area contributed by atoms with Crippen LogP contribution in [0.25, 0.3) is 10.2 Å². The van der Waals surface area contributed by atoms with Crippen LogP contribution in [0.4, 0.5) is 0 Å². The summed E-state index contributed by atoms with van der Waals surface area (Å²) in [5, 5.41) is 2.45. The van der Waals surface area contributed by atoms with Gasteiger partial charge in [-0.3, -0.25) is 4.99 Å². The van der Waals surface area contributed by atoms with Crippen LogP contribution in [-0.4, -0.2) is 12.8 Å². The summed E-state index contributed by atoms with van der Waals surface area (Å²) >= 11 is 2.27. The number of rotatable bonds is 5. The van der Waals surface area contributed by atoms with Gasteiger partial charge in [0.2, 0.25) is 0 Å². The number of hydrogen-bond acceptors (Lipinski definition) is 1. The molecule has 0 aromatic heterocycles. The molecule has 0 bridgehead atoms. The van der Waals surface area contributed by atoms with Crippen LogP contribution in [0, 0.1) is 0 Å². The second-order valence-corrected chi connectivity index (χ2v) is 5.50. The molecule has 0 unspecified atom stereocenters. The van der Waals surface area contributed by atoms with E-state index in [0.717, 1.165) is 19.4 Å². The number of hydrogen-bond donors (Lipinski definition) is 0. The van der Waals surface area contributed by atoms with Crippen molar-refractivity contribution in [2.75, 3.05) is 6.54 Å². The molecule has 0 saturated heterocycles. The summed E-state index contributed by atoms with van der Waals surface area (Å²) in [6, 6.07) is 17.2. The second-order valence-electron chi connectivity index (χ2n) is 4.88. The highest BCUT2D eigenvalue weighted by molar-refractivity contribution is 14.1. The molecule has 0 amide bonds. The molecular formula is C19H20IN. The third-order valence-electron chi connectivity index (χ3n) is 3.43. The van der Waals surface area contributed by atoms with Crippen LogP contribution in [0.1, 0.15) is 18.1 Å². The first-order valence-electron chi connectivity index (χ1n) is 7.27. The molecule has 0 fully saturated rings. The van der Waals surface area contributed by atoms with Crippen molar-refractivity contribution in [3.05, 3.63) is 70.1 Å². The largest absolute Gasteiger partial charge is 0.293 e. The minimum Gasteiger partial charge on any atom is -0.293 e. The van der Waals surface area contributed by atoms with Crippen molar-refractivity contribution in [2.24, 2.45) is 4.99 Å². The lowest BCUT2D eigenvalue weighted by molar-refractivity contribution is 0.971. The van der Waals surface area contributed by atoms with E-state index in [1.54, 1.807) is 0 Å². The Kier molecular flexibility index (Phi) is 6.67. The molecule has 0 atom stereocenters. The van der Waals surface area contributed by atoms with Gasteiger partial charge in [0.15, 0.2) is 0 Å². The van der Waals surface area contributed by atoms with E-state index >= 15 is 0 Å². The van der Waals surface area contributed by atoms with Crippen LogP contribution in [0.2, 0.25) is 0 Å². The molecule has 21 heavy (non-hydrogen) atoms. The highest BCUT2D eigenvalue weighted by atomic mass is 127. The third-order valence-corrected chi connectivity index (χ3v) is 4.10. The zero-order valence-electron chi connectivity index (χ0n) is 12.3. The first-order valence-corrected chi connectivity index (χ1v) is 8.51. The number of nitrogens with zero attached hydrogens (tertiary/aromatic N) is 1. The monoisotopic (exact) mass is 389 g/mol. The van der Waals surface area contributed by atoms with Crippen LogP contribution in [0.3, 0.4) is 0 Å². The third kappa shape index (κ3) is 5.12. The fourth-order valence-corrected chi connectivity index (χ4v) is 2.67. The average Bonchev–Trinajstić information content (AvgIpc) is 2.55. The maximum Gasteiger partial charge on any atom is 0.0429 e. The van der Waals surface area contributed by atoms with Crippen molar-refractivity contribution in [1.82, 2.24) is 0 Å². The molecule has 0 heterocycles. The summed E-state index contributed by atoms with van der Waals surface area (Å²) in [6.07, 6.45) is 6.08. The first-order chi connectivity index (χ1) is 10.3. The second kappa shape index (κ2) is 8.78. The highest BCUT2D eigenvalue weighted by Gasteiger charge is 1.92. The van der Waals surface area contributed by atoms with Gasteiger partial charge in [-0.2, -0.15) is 0 Å². The molecular weight excluding hydrogens is 369 g/mol. The van der Waals surface area contributed by atoms with Gasteiger partial charge in [-0.25, -0.2) is 0 Å². The summed E-state index contributed by atoms with van der Waals surface area (Å²) < 4.78 is 2.09. The van der Waals surface area contributed by atoms with Crippen molar-refractivity contribution in [2.45, 2.75) is 19.8 Å². The Balaban J connectivity index is 1.93. The van der Waals surface area contributed by atoms with E-state index in [9.17, 15) is 0 Å². The Labute approximate surface area is 140 Å². The smallest absolute Gasteiger partial charge is 0.0429 e. The lowest BCUT2D eigenvalue weighted by Gasteiger charge is -2.00. The molecule has 2 heteroatoms. The number of benzene rings is 2. The molecule has 0 aliphatic rings. The lowest BCUT2D eigenvalue weighted by Crippen LogP contribution is -2.22. The number of aryl methyl sites for hydroxylation is 1. The summed E-state index contributed by atoms with van der Waals surface area (Å²) in [6.45, 7) is 3.01. The molecule has 108 valence electrons. The molecule has 2 aromatic carbocycles. The van der Waals surface area contributed by atoms with E-state index in [2.05, 4.69) is 93.2 Å². The van der Waals surface area contributed by atoms with E-state index in [4.69, 9.17) is 0 Å². The van der Waals surface area contributed by atoms with E-state index in [-0.39, 0.29) is 0 Å². The highest BCUT2D eigenvalue weighted by Crippen LogP contribution is 2.05. The Morgan fingerprint density at radius 2 is 1.62 bits per heavy atom. The maximum atomic E-state index is 4.48. The maximum absolute atomic E-state index is 4.48. The summed E-state index contributed by atoms with van der Waals surface area (Å²) in [5.74, 6) is 0. The van der Waals surface area contributed by atoms with Gasteiger partial charge in [-0.05, 0) is 44.6 Å². The van der Waals surface area contributed by atoms with Crippen molar-refractivity contribution < 1.29 is 0 Å². The van der Waals surface area contributed by atoms with Gasteiger partial charge < -0.3 is 0 Å². The van der Waals surface area contributed by atoms with Gasteiger partial charge >= 0.3 is 0 Å². The van der Waals surface area contributed by atoms with Gasteiger partial charge in [-0.15, -0.1) is 0 Å². The molecule has 1 nitrogen and oxygen atoms in total. The van der Waals surface area contributed by atoms with E-state index in [0.29, 0.717) is 0 Å². The van der Waals surface area contributed by atoms with Crippen LogP contribution < -0.4 is 10.4 Å². The van der Waals surface area contributed by atoms with Crippen molar-refractivity contribution in [1.29, 1.82) is 0 Å². The van der Waals surface area contributed by atoms with Crippen molar-refractivity contribution in [3.8, 4) is 0 Å². The zero-order chi connectivity index (χ0) is 14.9. The fourth-order valence-electron chi connectivity index (χ4n) is 2.10. The molecule has 0 aliphatic carbocycles. The first kappa shape index (κ1) is 16.0. The Hall–Kier alpha value is -1.42. The van der Waals surface area contributed by atoms with Gasteiger partial charge in [0.25, 0.3) is 0 Å². The molecule has 0 radical (unpaired) electrons. The molecule has 2 aromatic rings. The van der Waals surface area contributed by atoms with E-state index in [1.165, 1.54) is 21.6 Å². The molecule has 0 N–H and O–H groups in total. The quantitative estimate of drug-likeness (QED) is 0.548. The summed E-state index contributed by atoms with van der Waals surface area (Å²) in [7, 11) is 0. The molecule has 0 aliphatic heterocycles. The van der Waals surface area contributed by atoms with Crippen LogP contribution in [0.5, 0.6) is 0 Å². The molecule has 0 saturated carbocycles. The minimum atomic E-state index is 0.831. The number of halogens is 1. The zero-order valence-corrected chi connectivity index (χ0v) is 14.5. The van der Waals surface area contributed by atoms with Crippen LogP contribution >= 0.6 is 22.6 Å². The molecule has 2 rings (SSSR count). The van der Waals surface area contributed by atoms with Crippen molar-refractivity contribution >= 4 is 39.0 Å². The molecule has 0 spiro atoms. The predicted molar refractivity (Wildman–Crippen MR) is 102 cm³/mol. The van der Waals surface area contributed by atoms with Gasteiger partial charge in [0.05, 0.1) is 0 Å². The summed E-state index contributed by atoms with van der Waals surface area (Å²) in [4.78, 5) is 4.48.